The Morgan fingerprint density at radius 3 is 1.98 bits per heavy atom. The molecule has 6 amide bonds. The van der Waals surface area contributed by atoms with Crippen molar-refractivity contribution in [3.05, 3.63) is 18.2 Å². The number of nitrogens with two attached hydrogens (primary N) is 2. The van der Waals surface area contributed by atoms with E-state index in [1.54, 1.807) is 0 Å². The number of carboxylic acid groups (broad SMARTS) is 1. The van der Waals surface area contributed by atoms with Crippen molar-refractivity contribution in [2.45, 2.75) is 96.9 Å². The van der Waals surface area contributed by atoms with Crippen molar-refractivity contribution in [1.82, 2.24) is 41.9 Å². The highest BCUT2D eigenvalue weighted by Crippen LogP contribution is 2.08. The van der Waals surface area contributed by atoms with Crippen LogP contribution in [0.3, 0.4) is 0 Å². The van der Waals surface area contributed by atoms with E-state index in [-0.39, 0.29) is 56.4 Å². The molecule has 0 bridgehead atoms. The van der Waals surface area contributed by atoms with Gasteiger partial charge in [0.2, 0.25) is 35.9 Å². The number of carbonyl (C=O) groups is 7. The number of hydrogen-bond acceptors (Lipinski definition) is 9. The van der Waals surface area contributed by atoms with Crippen LogP contribution in [0.15, 0.2) is 17.5 Å². The van der Waals surface area contributed by atoms with Gasteiger partial charge in [0, 0.05) is 24.9 Å². The van der Waals surface area contributed by atoms with Crippen LogP contribution in [0.4, 0.5) is 0 Å². The smallest absolute Gasteiger partial charge is 0.326 e. The van der Waals surface area contributed by atoms with Crippen molar-refractivity contribution in [2.24, 2.45) is 28.3 Å². The highest BCUT2D eigenvalue weighted by molar-refractivity contribution is 5.95. The minimum absolute atomic E-state index is 0.0243. The van der Waals surface area contributed by atoms with Crippen LogP contribution in [0.25, 0.3) is 0 Å². The van der Waals surface area contributed by atoms with Crippen LogP contribution in [0.1, 0.15) is 66.0 Å². The summed E-state index contributed by atoms with van der Waals surface area (Å²) in [5.41, 5.74) is 11.1. The van der Waals surface area contributed by atoms with Crippen molar-refractivity contribution in [3.8, 4) is 0 Å². The Hall–Kier alpha value is -5.23. The van der Waals surface area contributed by atoms with Gasteiger partial charge in [-0.1, -0.05) is 27.7 Å². The molecule has 0 unspecified atom stereocenters. The lowest BCUT2D eigenvalue weighted by atomic mass is 10.0. The standard InChI is InChI=1S/C30H51N11O8/c1-16(2)9-22(41-27(46)21(37-15-42)11-19-12-33-14-36-19)26(45)35-13-24(43)39-23(10-17(3)4)28(47)38-18(5)25(44)40-20(29(48)49)7-6-8-34-30(31)32/h12,14-18,20-23H,6-11,13H2,1-5H3,(H,33,36)(H,35,45)(H,37,42)(H,38,47)(H,39,43)(H,40,44)(H,41,46)(H,48,49)(H4,31,32,34)/t18-,20-,21-,22-,23-/m0/s1. The van der Waals surface area contributed by atoms with Crippen LogP contribution in [-0.2, 0) is 40.0 Å². The van der Waals surface area contributed by atoms with Gasteiger partial charge in [0.15, 0.2) is 5.96 Å². The molecule has 1 rings (SSSR count). The highest BCUT2D eigenvalue weighted by Gasteiger charge is 2.29. The maximum absolute atomic E-state index is 13.1. The number of hydrogen-bond donors (Lipinski definition) is 10. The van der Waals surface area contributed by atoms with Crippen molar-refractivity contribution in [2.75, 3.05) is 13.1 Å². The van der Waals surface area contributed by atoms with Crippen molar-refractivity contribution < 1.29 is 38.7 Å². The summed E-state index contributed by atoms with van der Waals surface area (Å²) in [5.74, 6) is -4.90. The number of aromatic amines is 1. The van der Waals surface area contributed by atoms with Gasteiger partial charge in [-0.25, -0.2) is 9.78 Å². The number of aliphatic imine (C=N–C) groups is 1. The third-order valence-electron chi connectivity index (χ3n) is 7.00. The van der Waals surface area contributed by atoms with Crippen molar-refractivity contribution >= 4 is 47.9 Å². The van der Waals surface area contributed by atoms with E-state index in [4.69, 9.17) is 11.5 Å². The zero-order valence-corrected chi connectivity index (χ0v) is 28.6. The Kier molecular flexibility index (Phi) is 18.4. The van der Waals surface area contributed by atoms with Gasteiger partial charge < -0.3 is 53.5 Å². The molecular weight excluding hydrogens is 642 g/mol. The first kappa shape index (κ1) is 41.8. The van der Waals surface area contributed by atoms with Crippen molar-refractivity contribution in [1.29, 1.82) is 0 Å². The summed E-state index contributed by atoms with van der Waals surface area (Å²) in [4.78, 5) is 98.0. The molecule has 0 aromatic carbocycles. The lowest BCUT2D eigenvalue weighted by Gasteiger charge is -2.24. The van der Waals surface area contributed by atoms with Crippen LogP contribution < -0.4 is 43.4 Å². The van der Waals surface area contributed by atoms with E-state index in [0.29, 0.717) is 12.1 Å². The van der Waals surface area contributed by atoms with E-state index >= 15 is 0 Å². The summed E-state index contributed by atoms with van der Waals surface area (Å²) in [6, 6.07) is -5.51. The number of imidazole rings is 1. The summed E-state index contributed by atoms with van der Waals surface area (Å²) in [6.07, 6.45) is 4.15. The average Bonchev–Trinajstić information content (AvgIpc) is 3.52. The summed E-state index contributed by atoms with van der Waals surface area (Å²) in [6.45, 7) is 8.35. The Labute approximate surface area is 285 Å². The minimum Gasteiger partial charge on any atom is -0.480 e. The molecule has 1 heterocycles. The van der Waals surface area contributed by atoms with Gasteiger partial charge in [-0.05, 0) is 44.4 Å². The molecule has 12 N–H and O–H groups in total. The van der Waals surface area contributed by atoms with Gasteiger partial charge in [0.05, 0.1) is 12.9 Å². The van der Waals surface area contributed by atoms with E-state index < -0.39 is 72.3 Å². The molecule has 0 aliphatic carbocycles. The van der Waals surface area contributed by atoms with Gasteiger partial charge >= 0.3 is 5.97 Å². The number of nitrogens with one attached hydrogen (secondary N) is 7. The number of aliphatic carboxylic acids is 1. The quantitative estimate of drug-likeness (QED) is 0.0245. The van der Waals surface area contributed by atoms with Crippen LogP contribution >= 0.6 is 0 Å². The Bertz CT molecular complexity index is 1280. The summed E-state index contributed by atoms with van der Waals surface area (Å²) < 4.78 is 0. The lowest BCUT2D eigenvalue weighted by molar-refractivity contribution is -0.142. The van der Waals surface area contributed by atoms with Crippen LogP contribution in [0, 0.1) is 11.8 Å². The number of amides is 6. The van der Waals surface area contributed by atoms with Gasteiger partial charge in [0.1, 0.15) is 30.2 Å². The molecular formula is C30H51N11O8. The monoisotopic (exact) mass is 693 g/mol. The first-order chi connectivity index (χ1) is 23.0. The highest BCUT2D eigenvalue weighted by atomic mass is 16.4. The van der Waals surface area contributed by atoms with Crippen molar-refractivity contribution in [3.63, 3.8) is 0 Å². The lowest BCUT2D eigenvalue weighted by Crippen LogP contribution is -2.56. The molecule has 19 nitrogen and oxygen atoms in total. The average molecular weight is 694 g/mol. The molecule has 49 heavy (non-hydrogen) atoms. The largest absolute Gasteiger partial charge is 0.480 e. The fourth-order valence-electron chi connectivity index (χ4n) is 4.58. The van der Waals surface area contributed by atoms with Gasteiger partial charge in [0.25, 0.3) is 0 Å². The zero-order chi connectivity index (χ0) is 37.1. The first-order valence-electron chi connectivity index (χ1n) is 16.0. The minimum atomic E-state index is -1.27. The van der Waals surface area contributed by atoms with Crippen LogP contribution in [0.5, 0.6) is 0 Å². The van der Waals surface area contributed by atoms with E-state index in [2.05, 4.69) is 46.9 Å². The van der Waals surface area contributed by atoms with E-state index in [1.165, 1.54) is 19.4 Å². The Balaban J connectivity index is 2.82. The topological polar surface area (TPSA) is 305 Å². The summed E-state index contributed by atoms with van der Waals surface area (Å²) in [5, 5.41) is 24.4. The molecule has 274 valence electrons. The number of H-pyrrole nitrogens is 1. The Morgan fingerprint density at radius 2 is 1.45 bits per heavy atom. The fourth-order valence-corrected chi connectivity index (χ4v) is 4.58. The number of aromatic nitrogens is 2. The SMILES string of the molecule is CC(C)C[C@H](NC(=O)CNC(=O)[C@H](CC(C)C)NC(=O)[C@H](Cc1cnc[nH]1)NC=O)C(=O)N[C@@H](C)C(=O)N[C@@H](CCCN=C(N)N)C(=O)O. The molecule has 0 aliphatic heterocycles. The molecule has 0 fully saturated rings. The van der Waals surface area contributed by atoms with Gasteiger partial charge in [-0.15, -0.1) is 0 Å². The molecule has 0 saturated heterocycles. The maximum atomic E-state index is 13.1. The van der Waals surface area contributed by atoms with Crippen LogP contribution in [-0.4, -0.2) is 106 Å². The molecule has 0 spiro atoms. The second kappa shape index (κ2) is 21.6. The number of carbonyl (C=O) groups excluding carboxylic acids is 6. The predicted octanol–water partition coefficient (Wildman–Crippen LogP) is -2.63. The molecule has 5 atom stereocenters. The molecule has 1 aromatic rings. The maximum Gasteiger partial charge on any atom is 0.326 e. The molecule has 0 aliphatic rings. The zero-order valence-electron chi connectivity index (χ0n) is 28.6. The molecule has 0 radical (unpaired) electrons. The van der Waals surface area contributed by atoms with E-state index in [9.17, 15) is 38.7 Å². The molecule has 19 heteroatoms. The number of guanidine groups is 1. The first-order valence-corrected chi connectivity index (χ1v) is 16.0. The number of nitrogens with zero attached hydrogens (tertiary/aromatic N) is 2. The third-order valence-corrected chi connectivity index (χ3v) is 7.00. The third kappa shape index (κ3) is 16.9. The van der Waals surface area contributed by atoms with Gasteiger partial charge in [-0.2, -0.15) is 0 Å². The second-order valence-electron chi connectivity index (χ2n) is 12.4. The Morgan fingerprint density at radius 1 is 0.857 bits per heavy atom. The summed E-state index contributed by atoms with van der Waals surface area (Å²) in [7, 11) is 0. The number of carboxylic acids is 1. The van der Waals surface area contributed by atoms with E-state index in [1.807, 2.05) is 27.7 Å². The van der Waals surface area contributed by atoms with Crippen LogP contribution in [0.2, 0.25) is 0 Å². The molecule has 0 saturated carbocycles. The normalized spacial score (nSPS) is 13.9. The summed E-state index contributed by atoms with van der Waals surface area (Å²) >= 11 is 0. The van der Waals surface area contributed by atoms with E-state index in [0.717, 1.165) is 0 Å². The predicted molar refractivity (Wildman–Crippen MR) is 178 cm³/mol. The fraction of sp³-hybridized carbons (Fsp3) is 0.633. The van der Waals surface area contributed by atoms with Gasteiger partial charge in [-0.3, -0.25) is 33.8 Å². The molecule has 1 aromatic heterocycles. The number of rotatable bonds is 23. The second-order valence-corrected chi connectivity index (χ2v) is 12.4.